The maximum absolute atomic E-state index is 12.5. The van der Waals surface area contributed by atoms with Crippen molar-refractivity contribution >= 4 is 22.5 Å². The maximum Gasteiger partial charge on any atom is 0.261 e. The number of benzene rings is 3. The molecule has 0 aliphatic heterocycles. The summed E-state index contributed by atoms with van der Waals surface area (Å²) in [6, 6.07) is 25.1. The first-order valence-electron chi connectivity index (χ1n) is 9.56. The van der Waals surface area contributed by atoms with Gasteiger partial charge in [0.05, 0.1) is 17.2 Å². The van der Waals surface area contributed by atoms with Crippen LogP contribution >= 0.6 is 0 Å². The lowest BCUT2D eigenvalue weighted by Gasteiger charge is -2.12. The van der Waals surface area contributed by atoms with Crippen molar-refractivity contribution in [1.29, 1.82) is 0 Å². The first-order chi connectivity index (χ1) is 14.2. The van der Waals surface area contributed by atoms with Crippen molar-refractivity contribution in [3.63, 3.8) is 0 Å². The van der Waals surface area contributed by atoms with Crippen molar-refractivity contribution in [3.05, 3.63) is 107 Å². The normalized spacial score (nSPS) is 10.8. The van der Waals surface area contributed by atoms with E-state index in [9.17, 15) is 9.59 Å². The predicted molar refractivity (Wildman–Crippen MR) is 115 cm³/mol. The van der Waals surface area contributed by atoms with Crippen molar-refractivity contribution in [3.8, 4) is 0 Å². The molecular formula is C24H21N3O2. The van der Waals surface area contributed by atoms with Gasteiger partial charge in [0, 0.05) is 18.7 Å². The van der Waals surface area contributed by atoms with E-state index in [1.54, 1.807) is 12.1 Å². The van der Waals surface area contributed by atoms with Crippen LogP contribution in [-0.2, 0) is 17.8 Å². The van der Waals surface area contributed by atoms with Gasteiger partial charge in [0.1, 0.15) is 0 Å². The van der Waals surface area contributed by atoms with Gasteiger partial charge in [0.25, 0.3) is 5.56 Å². The van der Waals surface area contributed by atoms with Crippen molar-refractivity contribution in [2.24, 2.45) is 0 Å². The van der Waals surface area contributed by atoms with Crippen LogP contribution in [-0.4, -0.2) is 15.5 Å². The molecule has 1 aromatic heterocycles. The number of aromatic nitrogens is 2. The van der Waals surface area contributed by atoms with Crippen LogP contribution in [0.1, 0.15) is 17.5 Å². The molecule has 0 radical (unpaired) electrons. The van der Waals surface area contributed by atoms with Crippen molar-refractivity contribution in [2.75, 3.05) is 5.32 Å². The van der Waals surface area contributed by atoms with Crippen LogP contribution in [0.15, 0.2) is 90.0 Å². The van der Waals surface area contributed by atoms with Crippen molar-refractivity contribution in [2.45, 2.75) is 19.4 Å². The van der Waals surface area contributed by atoms with E-state index < -0.39 is 0 Å². The summed E-state index contributed by atoms with van der Waals surface area (Å²) in [5, 5.41) is 3.54. The van der Waals surface area contributed by atoms with E-state index in [-0.39, 0.29) is 24.4 Å². The van der Waals surface area contributed by atoms with Crippen molar-refractivity contribution < 1.29 is 4.79 Å². The summed E-state index contributed by atoms with van der Waals surface area (Å²) in [4.78, 5) is 29.4. The Morgan fingerprint density at radius 2 is 1.62 bits per heavy atom. The van der Waals surface area contributed by atoms with E-state index in [0.717, 1.165) is 17.7 Å². The average Bonchev–Trinajstić information content (AvgIpc) is 2.76. The Balaban J connectivity index is 1.44. The van der Waals surface area contributed by atoms with Gasteiger partial charge in [0.15, 0.2) is 0 Å². The maximum atomic E-state index is 12.5. The first-order valence-corrected chi connectivity index (χ1v) is 9.56. The number of carbonyl (C=O) groups is 1. The Hall–Kier alpha value is -3.73. The molecule has 5 nitrogen and oxygen atoms in total. The molecule has 0 aliphatic carbocycles. The lowest BCUT2D eigenvalue weighted by atomic mass is 10.0. The molecule has 0 spiro atoms. The van der Waals surface area contributed by atoms with E-state index in [0.29, 0.717) is 10.9 Å². The second-order valence-corrected chi connectivity index (χ2v) is 6.88. The lowest BCUT2D eigenvalue weighted by molar-refractivity contribution is -0.116. The van der Waals surface area contributed by atoms with E-state index in [1.807, 2.05) is 54.6 Å². The second kappa shape index (κ2) is 8.52. The molecule has 1 heterocycles. The fourth-order valence-corrected chi connectivity index (χ4v) is 3.31. The zero-order valence-corrected chi connectivity index (χ0v) is 15.9. The summed E-state index contributed by atoms with van der Waals surface area (Å²) in [5.41, 5.74) is 3.56. The van der Waals surface area contributed by atoms with E-state index in [4.69, 9.17) is 0 Å². The van der Waals surface area contributed by atoms with Gasteiger partial charge in [-0.3, -0.25) is 14.2 Å². The molecule has 0 saturated heterocycles. The molecule has 0 aliphatic rings. The molecule has 3 aromatic carbocycles. The number of amides is 1. The standard InChI is InChI=1S/C24H21N3O2/c28-23(14-15-27-17-25-22-13-7-5-11-20(22)24(27)29)26-21-12-6-4-10-19(21)16-18-8-2-1-3-9-18/h1-13,17H,14-16H2,(H,26,28). The second-order valence-electron chi connectivity index (χ2n) is 6.88. The number of anilines is 1. The molecule has 1 amide bonds. The Labute approximate surface area is 168 Å². The van der Waals surface area contributed by atoms with E-state index in [1.165, 1.54) is 16.5 Å². The average molecular weight is 383 g/mol. The minimum atomic E-state index is -0.134. The monoisotopic (exact) mass is 383 g/mol. The fraction of sp³-hybridized carbons (Fsp3) is 0.125. The number of rotatable bonds is 6. The summed E-state index contributed by atoms with van der Waals surface area (Å²) in [6.07, 6.45) is 2.44. The minimum absolute atomic E-state index is 0.132. The molecule has 0 saturated carbocycles. The predicted octanol–water partition coefficient (Wildman–Crippen LogP) is 4.02. The molecule has 0 fully saturated rings. The minimum Gasteiger partial charge on any atom is -0.326 e. The quantitative estimate of drug-likeness (QED) is 0.547. The molecule has 29 heavy (non-hydrogen) atoms. The molecule has 144 valence electrons. The smallest absolute Gasteiger partial charge is 0.261 e. The summed E-state index contributed by atoms with van der Waals surface area (Å²) in [6.45, 7) is 0.281. The van der Waals surface area contributed by atoms with Gasteiger partial charge in [-0.25, -0.2) is 4.98 Å². The van der Waals surface area contributed by atoms with Crippen molar-refractivity contribution in [1.82, 2.24) is 9.55 Å². The van der Waals surface area contributed by atoms with Gasteiger partial charge >= 0.3 is 0 Å². The Morgan fingerprint density at radius 1 is 0.897 bits per heavy atom. The summed E-state index contributed by atoms with van der Waals surface area (Å²) >= 11 is 0. The molecule has 4 aromatic rings. The third-order valence-corrected chi connectivity index (χ3v) is 4.84. The molecule has 5 heteroatoms. The molecule has 0 unspecified atom stereocenters. The summed E-state index contributed by atoms with van der Waals surface area (Å²) in [5.74, 6) is -0.134. The van der Waals surface area contributed by atoms with Gasteiger partial charge in [-0.05, 0) is 35.7 Å². The third kappa shape index (κ3) is 4.41. The number of nitrogens with zero attached hydrogens (tertiary/aromatic N) is 2. The fourth-order valence-electron chi connectivity index (χ4n) is 3.31. The van der Waals surface area contributed by atoms with Crippen LogP contribution in [0.25, 0.3) is 10.9 Å². The van der Waals surface area contributed by atoms with Crippen LogP contribution in [0, 0.1) is 0 Å². The topological polar surface area (TPSA) is 64.0 Å². The van der Waals surface area contributed by atoms with Gasteiger partial charge in [0.2, 0.25) is 5.91 Å². The van der Waals surface area contributed by atoms with Crippen LogP contribution in [0.4, 0.5) is 5.69 Å². The highest BCUT2D eigenvalue weighted by Crippen LogP contribution is 2.19. The molecule has 0 atom stereocenters. The zero-order chi connectivity index (χ0) is 20.1. The Kier molecular flexibility index (Phi) is 5.47. The van der Waals surface area contributed by atoms with Gasteiger partial charge in [-0.2, -0.15) is 0 Å². The summed E-state index contributed by atoms with van der Waals surface area (Å²) < 4.78 is 1.48. The number of para-hydroxylation sites is 2. The summed E-state index contributed by atoms with van der Waals surface area (Å²) in [7, 11) is 0. The van der Waals surface area contributed by atoms with Gasteiger partial charge in [-0.1, -0.05) is 60.7 Å². The van der Waals surface area contributed by atoms with Crippen LogP contribution < -0.4 is 10.9 Å². The molecular weight excluding hydrogens is 362 g/mol. The highest BCUT2D eigenvalue weighted by Gasteiger charge is 2.09. The first kappa shape index (κ1) is 18.6. The lowest BCUT2D eigenvalue weighted by Crippen LogP contribution is -2.23. The highest BCUT2D eigenvalue weighted by molar-refractivity contribution is 5.91. The van der Waals surface area contributed by atoms with E-state index >= 15 is 0 Å². The molecule has 0 bridgehead atoms. The number of fused-ring (bicyclic) bond motifs is 1. The molecule has 4 rings (SSSR count). The molecule has 1 N–H and O–H groups in total. The SMILES string of the molecule is O=C(CCn1cnc2ccccc2c1=O)Nc1ccccc1Cc1ccccc1. The number of nitrogens with one attached hydrogen (secondary N) is 1. The van der Waals surface area contributed by atoms with Crippen LogP contribution in [0.5, 0.6) is 0 Å². The zero-order valence-electron chi connectivity index (χ0n) is 15.9. The largest absolute Gasteiger partial charge is 0.326 e. The number of hydrogen-bond donors (Lipinski definition) is 1. The Bertz CT molecular complexity index is 1200. The number of carbonyl (C=O) groups excluding carboxylic acids is 1. The third-order valence-electron chi connectivity index (χ3n) is 4.84. The Morgan fingerprint density at radius 3 is 2.48 bits per heavy atom. The number of hydrogen-bond acceptors (Lipinski definition) is 3. The number of aryl methyl sites for hydroxylation is 1. The van der Waals surface area contributed by atoms with Crippen LogP contribution in [0.3, 0.4) is 0 Å². The highest BCUT2D eigenvalue weighted by atomic mass is 16.2. The van der Waals surface area contributed by atoms with Gasteiger partial charge in [-0.15, -0.1) is 0 Å². The van der Waals surface area contributed by atoms with Crippen LogP contribution in [0.2, 0.25) is 0 Å². The van der Waals surface area contributed by atoms with E-state index in [2.05, 4.69) is 22.4 Å². The van der Waals surface area contributed by atoms with Gasteiger partial charge < -0.3 is 5.32 Å².